The van der Waals surface area contributed by atoms with Gasteiger partial charge in [-0.25, -0.2) is 9.98 Å². The van der Waals surface area contributed by atoms with Crippen LogP contribution in [0, 0.1) is 5.92 Å². The van der Waals surface area contributed by atoms with E-state index in [9.17, 15) is 4.79 Å². The molecule has 1 aliphatic carbocycles. The molecule has 1 heterocycles. The number of aromatic nitrogens is 1. The van der Waals surface area contributed by atoms with Crippen LogP contribution >= 0.6 is 24.0 Å². The van der Waals surface area contributed by atoms with Crippen molar-refractivity contribution in [1.29, 1.82) is 0 Å². The van der Waals surface area contributed by atoms with Gasteiger partial charge in [0.1, 0.15) is 5.60 Å². The van der Waals surface area contributed by atoms with E-state index in [0.717, 1.165) is 12.0 Å². The van der Waals surface area contributed by atoms with Crippen molar-refractivity contribution < 1.29 is 9.53 Å². The van der Waals surface area contributed by atoms with Gasteiger partial charge in [-0.2, -0.15) is 0 Å². The lowest BCUT2D eigenvalue weighted by molar-refractivity contribution is -0.127. The zero-order valence-electron chi connectivity index (χ0n) is 19.2. The van der Waals surface area contributed by atoms with E-state index in [2.05, 4.69) is 22.5 Å². The van der Waals surface area contributed by atoms with Gasteiger partial charge in [-0.3, -0.25) is 4.79 Å². The third-order valence-electron chi connectivity index (χ3n) is 4.97. The number of nitrogens with one attached hydrogen (secondary N) is 2. The zero-order valence-corrected chi connectivity index (χ0v) is 21.5. The number of carbonyl (C=O) groups is 1. The fourth-order valence-corrected chi connectivity index (χ4v) is 3.23. The Kier molecular flexibility index (Phi) is 10.9. The molecular formula is C22H38IN5O2. The highest BCUT2D eigenvalue weighted by Crippen LogP contribution is 2.23. The quantitative estimate of drug-likeness (QED) is 0.334. The van der Waals surface area contributed by atoms with Gasteiger partial charge in [-0.05, 0) is 45.1 Å². The monoisotopic (exact) mass is 531 g/mol. The van der Waals surface area contributed by atoms with Gasteiger partial charge in [0.2, 0.25) is 11.8 Å². The number of ether oxygens (including phenoxy) is 1. The molecule has 0 saturated heterocycles. The minimum absolute atomic E-state index is 0. The van der Waals surface area contributed by atoms with Crippen LogP contribution in [0.15, 0.2) is 23.3 Å². The summed E-state index contributed by atoms with van der Waals surface area (Å²) in [4.78, 5) is 22.6. The third-order valence-corrected chi connectivity index (χ3v) is 4.97. The van der Waals surface area contributed by atoms with Crippen molar-refractivity contribution in [3.8, 4) is 5.88 Å². The van der Waals surface area contributed by atoms with Gasteiger partial charge in [0, 0.05) is 32.4 Å². The molecule has 0 radical (unpaired) electrons. The zero-order chi connectivity index (χ0) is 21.4. The molecular weight excluding hydrogens is 493 g/mol. The number of halogens is 1. The number of hydrogen-bond donors (Lipinski definition) is 2. The Morgan fingerprint density at radius 2 is 1.97 bits per heavy atom. The second-order valence-electron chi connectivity index (χ2n) is 9.04. The first-order valence-electron chi connectivity index (χ1n) is 10.5. The molecule has 0 bridgehead atoms. The van der Waals surface area contributed by atoms with Crippen LogP contribution in [-0.2, 0) is 11.3 Å². The third kappa shape index (κ3) is 9.49. The lowest BCUT2D eigenvalue weighted by Crippen LogP contribution is -2.49. The van der Waals surface area contributed by atoms with E-state index in [-0.39, 0.29) is 42.0 Å². The van der Waals surface area contributed by atoms with Crippen LogP contribution in [0.3, 0.4) is 0 Å². The highest BCUT2D eigenvalue weighted by atomic mass is 127. The fraction of sp³-hybridized carbons (Fsp3) is 0.682. The first-order valence-corrected chi connectivity index (χ1v) is 10.5. The van der Waals surface area contributed by atoms with Crippen LogP contribution < -0.4 is 15.4 Å². The van der Waals surface area contributed by atoms with Gasteiger partial charge >= 0.3 is 0 Å². The number of pyridine rings is 1. The summed E-state index contributed by atoms with van der Waals surface area (Å²) in [5.74, 6) is 1.89. The molecule has 2 rings (SSSR count). The molecule has 0 aromatic carbocycles. The van der Waals surface area contributed by atoms with Crippen molar-refractivity contribution >= 4 is 35.8 Å². The summed E-state index contributed by atoms with van der Waals surface area (Å²) >= 11 is 0. The van der Waals surface area contributed by atoms with E-state index in [0.29, 0.717) is 30.3 Å². The van der Waals surface area contributed by atoms with Crippen molar-refractivity contribution in [2.45, 2.75) is 71.6 Å². The van der Waals surface area contributed by atoms with Crippen LogP contribution in [-0.4, -0.2) is 54.0 Å². The van der Waals surface area contributed by atoms with Crippen molar-refractivity contribution in [3.05, 3.63) is 23.9 Å². The van der Waals surface area contributed by atoms with Gasteiger partial charge in [-0.15, -0.1) is 24.0 Å². The molecule has 1 saturated carbocycles. The number of hydrogen-bond acceptors (Lipinski definition) is 4. The Morgan fingerprint density at radius 3 is 2.53 bits per heavy atom. The molecule has 30 heavy (non-hydrogen) atoms. The molecule has 2 atom stereocenters. The topological polar surface area (TPSA) is 78.9 Å². The van der Waals surface area contributed by atoms with Crippen molar-refractivity contribution in [2.75, 3.05) is 20.6 Å². The molecule has 7 nitrogen and oxygen atoms in total. The second kappa shape index (κ2) is 12.3. The minimum atomic E-state index is -0.274. The normalized spacial score (nSPS) is 19.5. The predicted octanol–water partition coefficient (Wildman–Crippen LogP) is 3.58. The molecule has 1 aliphatic rings. The van der Waals surface area contributed by atoms with Crippen LogP contribution in [0.5, 0.6) is 5.88 Å². The summed E-state index contributed by atoms with van der Waals surface area (Å²) < 4.78 is 5.77. The van der Waals surface area contributed by atoms with E-state index >= 15 is 0 Å². The molecule has 0 aliphatic heterocycles. The molecule has 1 aromatic heterocycles. The van der Waals surface area contributed by atoms with Gasteiger partial charge in [0.25, 0.3) is 0 Å². The predicted molar refractivity (Wildman–Crippen MR) is 132 cm³/mol. The first kappa shape index (κ1) is 26.5. The van der Waals surface area contributed by atoms with Gasteiger partial charge in [-0.1, -0.05) is 25.8 Å². The van der Waals surface area contributed by atoms with E-state index < -0.39 is 0 Å². The largest absolute Gasteiger partial charge is 0.472 e. The van der Waals surface area contributed by atoms with Crippen LogP contribution in [0.1, 0.15) is 58.9 Å². The smallest absolute Gasteiger partial charge is 0.241 e. The van der Waals surface area contributed by atoms with E-state index in [4.69, 9.17) is 9.73 Å². The van der Waals surface area contributed by atoms with Crippen molar-refractivity contribution in [1.82, 2.24) is 20.5 Å². The van der Waals surface area contributed by atoms with Crippen LogP contribution in [0.4, 0.5) is 0 Å². The first-order chi connectivity index (χ1) is 13.6. The number of rotatable bonds is 6. The summed E-state index contributed by atoms with van der Waals surface area (Å²) in [7, 11) is 3.51. The SMILES string of the molecule is CC1CCCCC1NC(=NCc1ccc(OC(C)(C)C)nc1)NCC(=O)N(C)C.I. The van der Waals surface area contributed by atoms with Crippen molar-refractivity contribution in [2.24, 2.45) is 10.9 Å². The van der Waals surface area contributed by atoms with Gasteiger partial charge in [0.15, 0.2) is 5.96 Å². The number of amides is 1. The number of nitrogens with zero attached hydrogens (tertiary/aromatic N) is 3. The number of carbonyl (C=O) groups excluding carboxylic acids is 1. The molecule has 1 aromatic rings. The summed E-state index contributed by atoms with van der Waals surface area (Å²) in [6, 6.07) is 4.23. The van der Waals surface area contributed by atoms with Crippen molar-refractivity contribution in [3.63, 3.8) is 0 Å². The molecule has 1 amide bonds. The van der Waals surface area contributed by atoms with Crippen LogP contribution in [0.2, 0.25) is 0 Å². The number of likely N-dealkylation sites (N-methyl/N-ethyl adjacent to an activating group) is 1. The molecule has 170 valence electrons. The maximum Gasteiger partial charge on any atom is 0.241 e. The average molecular weight is 531 g/mol. The Bertz CT molecular complexity index is 686. The van der Waals surface area contributed by atoms with E-state index in [1.54, 1.807) is 25.2 Å². The van der Waals surface area contributed by atoms with E-state index in [1.807, 2.05) is 32.9 Å². The molecule has 8 heteroatoms. The molecule has 0 spiro atoms. The Morgan fingerprint density at radius 1 is 1.27 bits per heavy atom. The van der Waals surface area contributed by atoms with E-state index in [1.165, 1.54) is 19.3 Å². The minimum Gasteiger partial charge on any atom is -0.472 e. The van der Waals surface area contributed by atoms with Gasteiger partial charge < -0.3 is 20.3 Å². The Labute approximate surface area is 198 Å². The Hall–Kier alpha value is -1.58. The standard InChI is InChI=1S/C22H37N5O2.HI/c1-16-9-7-8-10-18(16)26-21(25-15-20(28)27(5)6)24-14-17-11-12-19(23-13-17)29-22(2,3)4;/h11-13,16,18H,7-10,14-15H2,1-6H3,(H2,24,25,26);1H. The molecule has 2 unspecified atom stereocenters. The number of aliphatic imine (C=N–C) groups is 1. The van der Waals surface area contributed by atoms with Gasteiger partial charge in [0.05, 0.1) is 13.1 Å². The lowest BCUT2D eigenvalue weighted by atomic mass is 9.86. The maximum atomic E-state index is 12.0. The highest BCUT2D eigenvalue weighted by molar-refractivity contribution is 14.0. The van der Waals surface area contributed by atoms with Crippen LogP contribution in [0.25, 0.3) is 0 Å². The lowest BCUT2D eigenvalue weighted by Gasteiger charge is -2.31. The highest BCUT2D eigenvalue weighted by Gasteiger charge is 2.22. The number of guanidine groups is 1. The second-order valence-corrected chi connectivity index (χ2v) is 9.04. The molecule has 1 fully saturated rings. The molecule has 2 N–H and O–H groups in total. The summed E-state index contributed by atoms with van der Waals surface area (Å²) in [5.41, 5.74) is 0.714. The summed E-state index contributed by atoms with van der Waals surface area (Å²) in [5, 5.41) is 6.72. The Balaban J connectivity index is 0.00000450. The fourth-order valence-electron chi connectivity index (χ4n) is 3.23. The average Bonchev–Trinajstić information content (AvgIpc) is 2.65. The maximum absolute atomic E-state index is 12.0. The summed E-state index contributed by atoms with van der Waals surface area (Å²) in [6.07, 6.45) is 6.65. The summed E-state index contributed by atoms with van der Waals surface area (Å²) in [6.45, 7) is 8.97.